The number of carbonyl (C=O) groups is 3. The van der Waals surface area contributed by atoms with Crippen molar-refractivity contribution in [3.63, 3.8) is 0 Å². The van der Waals surface area contributed by atoms with Crippen molar-refractivity contribution in [3.05, 3.63) is 35.4 Å². The van der Waals surface area contributed by atoms with Crippen LogP contribution in [0.4, 0.5) is 0 Å². The molecule has 0 unspecified atom stereocenters. The van der Waals surface area contributed by atoms with Crippen LogP contribution in [0, 0.1) is 6.92 Å². The Labute approximate surface area is 130 Å². The molecule has 0 radical (unpaired) electrons. The summed E-state index contributed by atoms with van der Waals surface area (Å²) in [4.78, 5) is 35.0. The van der Waals surface area contributed by atoms with E-state index in [1.807, 2.05) is 13.8 Å². The predicted molar refractivity (Wildman–Crippen MR) is 82.4 cm³/mol. The van der Waals surface area contributed by atoms with E-state index < -0.39 is 24.5 Å². The van der Waals surface area contributed by atoms with E-state index in [0.717, 1.165) is 12.0 Å². The van der Waals surface area contributed by atoms with E-state index in [-0.39, 0.29) is 5.91 Å². The van der Waals surface area contributed by atoms with Crippen molar-refractivity contribution >= 4 is 17.8 Å². The molecule has 0 aliphatic heterocycles. The van der Waals surface area contributed by atoms with Crippen molar-refractivity contribution in [3.8, 4) is 0 Å². The summed E-state index contributed by atoms with van der Waals surface area (Å²) in [6, 6.07) is 6.18. The lowest BCUT2D eigenvalue weighted by molar-refractivity contribution is -0.130. The highest BCUT2D eigenvalue weighted by Crippen LogP contribution is 2.04. The molecule has 22 heavy (non-hydrogen) atoms. The first-order chi connectivity index (χ1) is 10.4. The van der Waals surface area contributed by atoms with E-state index in [4.69, 9.17) is 4.74 Å². The molecule has 0 saturated carbocycles. The van der Waals surface area contributed by atoms with Crippen LogP contribution in [0.1, 0.15) is 36.2 Å². The number of amides is 2. The van der Waals surface area contributed by atoms with Crippen LogP contribution in [0.3, 0.4) is 0 Å². The Kier molecular flexibility index (Phi) is 7.08. The smallest absolute Gasteiger partial charge is 0.338 e. The molecule has 1 aromatic carbocycles. The Morgan fingerprint density at radius 3 is 2.41 bits per heavy atom. The second kappa shape index (κ2) is 8.81. The fourth-order valence-corrected chi connectivity index (χ4v) is 1.65. The lowest BCUT2D eigenvalue weighted by Crippen LogP contribution is -2.46. The van der Waals surface area contributed by atoms with Gasteiger partial charge in [-0.3, -0.25) is 9.59 Å². The largest absolute Gasteiger partial charge is 0.452 e. The monoisotopic (exact) mass is 306 g/mol. The van der Waals surface area contributed by atoms with Crippen LogP contribution < -0.4 is 10.6 Å². The van der Waals surface area contributed by atoms with Crippen molar-refractivity contribution < 1.29 is 19.1 Å². The summed E-state index contributed by atoms with van der Waals surface area (Å²) in [7, 11) is 0. The van der Waals surface area contributed by atoms with Crippen molar-refractivity contribution in [2.75, 3.05) is 13.2 Å². The summed E-state index contributed by atoms with van der Waals surface area (Å²) >= 11 is 0. The van der Waals surface area contributed by atoms with Gasteiger partial charge in [-0.25, -0.2) is 4.79 Å². The molecule has 1 rings (SSSR count). The highest BCUT2D eigenvalue weighted by atomic mass is 16.5. The van der Waals surface area contributed by atoms with E-state index >= 15 is 0 Å². The summed E-state index contributed by atoms with van der Waals surface area (Å²) in [5.41, 5.74) is 1.41. The van der Waals surface area contributed by atoms with Gasteiger partial charge in [0, 0.05) is 6.54 Å². The Balaban J connectivity index is 2.37. The fourth-order valence-electron chi connectivity index (χ4n) is 1.65. The Morgan fingerprint density at radius 2 is 1.82 bits per heavy atom. The second-order valence-electron chi connectivity index (χ2n) is 5.02. The molecule has 1 aromatic rings. The van der Waals surface area contributed by atoms with E-state index in [2.05, 4.69) is 10.6 Å². The van der Waals surface area contributed by atoms with E-state index in [0.29, 0.717) is 12.1 Å². The number of carbonyl (C=O) groups excluding carboxylic acids is 3. The van der Waals surface area contributed by atoms with E-state index in [1.54, 1.807) is 31.2 Å². The third-order valence-corrected chi connectivity index (χ3v) is 2.94. The lowest BCUT2D eigenvalue weighted by atomic mass is 10.1. The summed E-state index contributed by atoms with van der Waals surface area (Å²) in [5, 5.41) is 5.15. The van der Waals surface area contributed by atoms with Crippen LogP contribution in [0.25, 0.3) is 0 Å². The number of hydrogen-bond donors (Lipinski definition) is 2. The van der Waals surface area contributed by atoms with Gasteiger partial charge in [0.25, 0.3) is 5.91 Å². The van der Waals surface area contributed by atoms with Crippen LogP contribution in [0.15, 0.2) is 24.3 Å². The molecule has 0 fully saturated rings. The molecule has 0 aliphatic carbocycles. The number of benzene rings is 1. The van der Waals surface area contributed by atoms with Crippen molar-refractivity contribution in [2.24, 2.45) is 0 Å². The zero-order chi connectivity index (χ0) is 16.5. The lowest BCUT2D eigenvalue weighted by Gasteiger charge is -2.13. The molecule has 2 N–H and O–H groups in total. The molecule has 2 amide bonds. The normalized spacial score (nSPS) is 11.4. The molecular weight excluding hydrogens is 284 g/mol. The molecule has 0 saturated heterocycles. The zero-order valence-electron chi connectivity index (χ0n) is 13.1. The Morgan fingerprint density at radius 1 is 1.18 bits per heavy atom. The minimum absolute atomic E-state index is 0.264. The molecule has 0 bridgehead atoms. The highest BCUT2D eigenvalue weighted by molar-refractivity contribution is 5.92. The molecule has 0 heterocycles. The second-order valence-corrected chi connectivity index (χ2v) is 5.02. The van der Waals surface area contributed by atoms with Crippen LogP contribution >= 0.6 is 0 Å². The third-order valence-electron chi connectivity index (χ3n) is 2.94. The Bertz CT molecular complexity index is 525. The molecule has 6 nitrogen and oxygen atoms in total. The molecule has 120 valence electrons. The maximum atomic E-state index is 11.7. The zero-order valence-corrected chi connectivity index (χ0v) is 13.1. The van der Waals surface area contributed by atoms with E-state index in [1.165, 1.54) is 0 Å². The summed E-state index contributed by atoms with van der Waals surface area (Å²) in [5.74, 6) is -1.35. The first-order valence-corrected chi connectivity index (χ1v) is 7.25. The predicted octanol–water partition coefficient (Wildman–Crippen LogP) is 1.18. The number of nitrogens with one attached hydrogen (secondary N) is 2. The molecular formula is C16H22N2O4. The third kappa shape index (κ3) is 5.95. The maximum Gasteiger partial charge on any atom is 0.338 e. The number of hydrogen-bond acceptors (Lipinski definition) is 4. The number of rotatable bonds is 7. The average Bonchev–Trinajstić information content (AvgIpc) is 2.50. The van der Waals surface area contributed by atoms with Gasteiger partial charge in [0.05, 0.1) is 5.56 Å². The van der Waals surface area contributed by atoms with Crippen molar-refractivity contribution in [2.45, 2.75) is 33.2 Å². The summed E-state index contributed by atoms with van der Waals surface area (Å²) in [6.45, 7) is 5.56. The minimum Gasteiger partial charge on any atom is -0.452 e. The maximum absolute atomic E-state index is 11.7. The SMILES string of the molecule is CCCNC(=O)[C@H](C)NC(=O)COC(=O)c1ccc(C)cc1. The van der Waals surface area contributed by atoms with Gasteiger partial charge in [-0.15, -0.1) is 0 Å². The number of aryl methyl sites for hydroxylation is 1. The number of ether oxygens (including phenoxy) is 1. The molecule has 0 aromatic heterocycles. The van der Waals surface area contributed by atoms with Gasteiger partial charge in [-0.05, 0) is 32.4 Å². The first-order valence-electron chi connectivity index (χ1n) is 7.25. The summed E-state index contributed by atoms with van der Waals surface area (Å²) in [6.07, 6.45) is 0.820. The van der Waals surface area contributed by atoms with Gasteiger partial charge >= 0.3 is 5.97 Å². The number of esters is 1. The first kappa shape index (κ1) is 17.7. The van der Waals surface area contributed by atoms with Crippen LogP contribution in [-0.2, 0) is 14.3 Å². The standard InChI is InChI=1S/C16H22N2O4/c1-4-9-17-15(20)12(3)18-14(19)10-22-16(21)13-7-5-11(2)6-8-13/h5-8,12H,4,9-10H2,1-3H3,(H,17,20)(H,18,19)/t12-/m0/s1. The molecule has 0 spiro atoms. The van der Waals surface area contributed by atoms with Crippen molar-refractivity contribution in [1.29, 1.82) is 0 Å². The topological polar surface area (TPSA) is 84.5 Å². The van der Waals surface area contributed by atoms with Gasteiger partial charge in [-0.2, -0.15) is 0 Å². The van der Waals surface area contributed by atoms with Crippen LogP contribution in [-0.4, -0.2) is 37.0 Å². The van der Waals surface area contributed by atoms with Gasteiger partial charge in [0.2, 0.25) is 5.91 Å². The van der Waals surface area contributed by atoms with Gasteiger partial charge < -0.3 is 15.4 Å². The Hall–Kier alpha value is -2.37. The van der Waals surface area contributed by atoms with Gasteiger partial charge in [0.1, 0.15) is 6.04 Å². The van der Waals surface area contributed by atoms with Gasteiger partial charge in [0.15, 0.2) is 6.61 Å². The molecule has 1 atom stereocenters. The minimum atomic E-state index is -0.669. The van der Waals surface area contributed by atoms with Crippen LogP contribution in [0.2, 0.25) is 0 Å². The van der Waals surface area contributed by atoms with Gasteiger partial charge in [-0.1, -0.05) is 24.6 Å². The average molecular weight is 306 g/mol. The van der Waals surface area contributed by atoms with Crippen molar-refractivity contribution in [1.82, 2.24) is 10.6 Å². The van der Waals surface area contributed by atoms with Crippen LogP contribution in [0.5, 0.6) is 0 Å². The highest BCUT2D eigenvalue weighted by Gasteiger charge is 2.16. The van der Waals surface area contributed by atoms with E-state index in [9.17, 15) is 14.4 Å². The summed E-state index contributed by atoms with van der Waals surface area (Å²) < 4.78 is 4.91. The molecule has 6 heteroatoms. The molecule has 0 aliphatic rings. The quantitative estimate of drug-likeness (QED) is 0.741. The fraction of sp³-hybridized carbons (Fsp3) is 0.438.